The van der Waals surface area contributed by atoms with Crippen LogP contribution in [0.5, 0.6) is 5.75 Å². The van der Waals surface area contributed by atoms with Crippen molar-refractivity contribution in [2.45, 2.75) is 12.5 Å². The lowest BCUT2D eigenvalue weighted by Crippen LogP contribution is -2.52. The molecule has 0 radical (unpaired) electrons. The van der Waals surface area contributed by atoms with Crippen LogP contribution in [-0.2, 0) is 4.79 Å². The average molecular weight is 387 g/mol. The van der Waals surface area contributed by atoms with Gasteiger partial charge in [0.05, 0.1) is 23.9 Å². The quantitative estimate of drug-likeness (QED) is 0.808. The fourth-order valence-electron chi connectivity index (χ4n) is 3.88. The van der Waals surface area contributed by atoms with E-state index in [9.17, 15) is 4.79 Å². The van der Waals surface area contributed by atoms with Crippen molar-refractivity contribution in [2.24, 2.45) is 0 Å². The first-order chi connectivity index (χ1) is 13.2. The van der Waals surface area contributed by atoms with Crippen molar-refractivity contribution in [1.29, 1.82) is 0 Å². The van der Waals surface area contributed by atoms with Gasteiger partial charge in [0.15, 0.2) is 0 Å². The molecule has 1 atom stereocenters. The van der Waals surface area contributed by atoms with E-state index in [1.807, 2.05) is 41.3 Å². The van der Waals surface area contributed by atoms with Gasteiger partial charge in [-0.2, -0.15) is 0 Å². The number of aromatic nitrogens is 1. The zero-order valence-corrected chi connectivity index (χ0v) is 16.1. The largest absolute Gasteiger partial charge is 0.497 e. The molecule has 27 heavy (non-hydrogen) atoms. The van der Waals surface area contributed by atoms with Crippen molar-refractivity contribution >= 4 is 29.0 Å². The molecule has 2 saturated heterocycles. The predicted molar refractivity (Wildman–Crippen MR) is 107 cm³/mol. The summed E-state index contributed by atoms with van der Waals surface area (Å²) in [6, 6.07) is 11.3. The van der Waals surface area contributed by atoms with Crippen LogP contribution in [0.3, 0.4) is 0 Å². The first-order valence-corrected chi connectivity index (χ1v) is 9.60. The molecule has 0 aliphatic carbocycles. The molecule has 1 amide bonds. The number of nitrogens with zero attached hydrogens (tertiary/aromatic N) is 4. The minimum Gasteiger partial charge on any atom is -0.497 e. The van der Waals surface area contributed by atoms with Gasteiger partial charge in [0.25, 0.3) is 0 Å². The van der Waals surface area contributed by atoms with Crippen LogP contribution in [-0.4, -0.2) is 61.7 Å². The zero-order chi connectivity index (χ0) is 18.8. The number of pyridine rings is 1. The molecular weight excluding hydrogens is 364 g/mol. The van der Waals surface area contributed by atoms with Gasteiger partial charge < -0.3 is 14.5 Å². The second-order valence-corrected chi connectivity index (χ2v) is 7.23. The fourth-order valence-corrected chi connectivity index (χ4v) is 4.11. The van der Waals surface area contributed by atoms with Gasteiger partial charge in [0, 0.05) is 45.0 Å². The number of anilines is 2. The summed E-state index contributed by atoms with van der Waals surface area (Å²) in [4.78, 5) is 23.8. The Morgan fingerprint density at radius 2 is 1.89 bits per heavy atom. The molecule has 0 saturated carbocycles. The van der Waals surface area contributed by atoms with Gasteiger partial charge in [-0.3, -0.25) is 9.69 Å². The van der Waals surface area contributed by atoms with Gasteiger partial charge in [0.1, 0.15) is 11.6 Å². The Morgan fingerprint density at radius 1 is 1.11 bits per heavy atom. The smallest absolute Gasteiger partial charge is 0.244 e. The highest BCUT2D eigenvalue weighted by molar-refractivity contribution is 6.33. The van der Waals surface area contributed by atoms with Crippen molar-refractivity contribution < 1.29 is 9.53 Å². The lowest BCUT2D eigenvalue weighted by Gasteiger charge is -2.37. The molecule has 2 aromatic rings. The maximum absolute atomic E-state index is 13.0. The average Bonchev–Trinajstić information content (AvgIpc) is 3.10. The molecule has 0 N–H and O–H groups in total. The molecule has 0 bridgehead atoms. The third-order valence-electron chi connectivity index (χ3n) is 5.35. The van der Waals surface area contributed by atoms with Gasteiger partial charge >= 0.3 is 0 Å². The van der Waals surface area contributed by atoms with Crippen LogP contribution in [0.15, 0.2) is 42.6 Å². The highest BCUT2D eigenvalue weighted by Gasteiger charge is 2.38. The van der Waals surface area contributed by atoms with Gasteiger partial charge in [-0.1, -0.05) is 23.7 Å². The standard InChI is InChI=1S/C20H23ClN4O2/c1-27-15-6-8-22-19(14-15)24-12-10-23(11-13-24)18-7-9-25(20(18)26)17-5-3-2-4-16(17)21/h2-6,8,14,18H,7,9-13H2,1H3. The lowest BCUT2D eigenvalue weighted by molar-refractivity contribution is -0.121. The normalized spacial score (nSPS) is 21.0. The van der Waals surface area contributed by atoms with Crippen LogP contribution in [0, 0.1) is 0 Å². The summed E-state index contributed by atoms with van der Waals surface area (Å²) in [5.41, 5.74) is 0.811. The summed E-state index contributed by atoms with van der Waals surface area (Å²) in [6.07, 6.45) is 2.60. The SMILES string of the molecule is COc1ccnc(N2CCN(C3CCN(c4ccccc4Cl)C3=O)CC2)c1. The summed E-state index contributed by atoms with van der Waals surface area (Å²) < 4.78 is 5.29. The Labute approximate surface area is 164 Å². The zero-order valence-electron chi connectivity index (χ0n) is 15.3. The molecule has 1 aromatic carbocycles. The molecule has 142 valence electrons. The third kappa shape index (κ3) is 3.59. The number of piperazine rings is 1. The Bertz CT molecular complexity index is 823. The Balaban J connectivity index is 1.40. The van der Waals surface area contributed by atoms with Crippen LogP contribution in [0.25, 0.3) is 0 Å². The minimum absolute atomic E-state index is 0.0679. The van der Waals surface area contributed by atoms with Crippen LogP contribution < -0.4 is 14.5 Å². The van der Waals surface area contributed by atoms with Crippen LogP contribution in [0.1, 0.15) is 6.42 Å². The Hall–Kier alpha value is -2.31. The van der Waals surface area contributed by atoms with Crippen LogP contribution >= 0.6 is 11.6 Å². The topological polar surface area (TPSA) is 48.9 Å². The molecule has 2 aliphatic heterocycles. The van der Waals surface area contributed by atoms with E-state index in [1.165, 1.54) is 0 Å². The molecule has 2 fully saturated rings. The Morgan fingerprint density at radius 3 is 2.63 bits per heavy atom. The van der Waals surface area contributed by atoms with E-state index in [0.29, 0.717) is 11.6 Å². The van der Waals surface area contributed by atoms with Crippen molar-refractivity contribution in [3.63, 3.8) is 0 Å². The molecule has 3 heterocycles. The molecule has 1 aromatic heterocycles. The number of carbonyl (C=O) groups excluding carboxylic acids is 1. The number of rotatable bonds is 4. The number of halogens is 1. The van der Waals surface area contributed by atoms with E-state index in [4.69, 9.17) is 16.3 Å². The monoisotopic (exact) mass is 386 g/mol. The van der Waals surface area contributed by atoms with Gasteiger partial charge in [0.2, 0.25) is 5.91 Å². The number of carbonyl (C=O) groups is 1. The minimum atomic E-state index is -0.0679. The van der Waals surface area contributed by atoms with E-state index < -0.39 is 0 Å². The first-order valence-electron chi connectivity index (χ1n) is 9.22. The third-order valence-corrected chi connectivity index (χ3v) is 5.67. The molecular formula is C20H23ClN4O2. The Kier molecular flexibility index (Phi) is 5.18. The molecule has 0 spiro atoms. The number of para-hydroxylation sites is 1. The summed E-state index contributed by atoms with van der Waals surface area (Å²) in [5, 5.41) is 0.625. The van der Waals surface area contributed by atoms with E-state index in [1.54, 1.807) is 13.3 Å². The number of amides is 1. The number of hydrogen-bond donors (Lipinski definition) is 0. The summed E-state index contributed by atoms with van der Waals surface area (Å²) in [7, 11) is 1.66. The second-order valence-electron chi connectivity index (χ2n) is 6.82. The predicted octanol–water partition coefficient (Wildman–Crippen LogP) is 2.67. The fraction of sp³-hybridized carbons (Fsp3) is 0.400. The highest BCUT2D eigenvalue weighted by Crippen LogP contribution is 2.31. The second kappa shape index (κ2) is 7.74. The van der Waals surface area contributed by atoms with Crippen molar-refractivity contribution in [2.75, 3.05) is 49.6 Å². The summed E-state index contributed by atoms with van der Waals surface area (Å²) >= 11 is 6.28. The maximum Gasteiger partial charge on any atom is 0.244 e. The van der Waals surface area contributed by atoms with Gasteiger partial charge in [-0.15, -0.1) is 0 Å². The molecule has 1 unspecified atom stereocenters. The summed E-state index contributed by atoms with van der Waals surface area (Å²) in [6.45, 7) is 4.08. The van der Waals surface area contributed by atoms with Gasteiger partial charge in [-0.25, -0.2) is 4.98 Å². The van der Waals surface area contributed by atoms with Crippen LogP contribution in [0.4, 0.5) is 11.5 Å². The van der Waals surface area contributed by atoms with Crippen molar-refractivity contribution in [1.82, 2.24) is 9.88 Å². The highest BCUT2D eigenvalue weighted by atomic mass is 35.5. The molecule has 7 heteroatoms. The number of methoxy groups -OCH3 is 1. The maximum atomic E-state index is 13.0. The van der Waals surface area contributed by atoms with Crippen molar-refractivity contribution in [3.8, 4) is 5.75 Å². The van der Waals surface area contributed by atoms with Crippen LogP contribution in [0.2, 0.25) is 5.02 Å². The van der Waals surface area contributed by atoms with E-state index in [2.05, 4.69) is 14.8 Å². The molecule has 4 rings (SSSR count). The number of hydrogen-bond acceptors (Lipinski definition) is 5. The van der Waals surface area contributed by atoms with E-state index in [-0.39, 0.29) is 11.9 Å². The van der Waals surface area contributed by atoms with Crippen molar-refractivity contribution in [3.05, 3.63) is 47.6 Å². The van der Waals surface area contributed by atoms with Gasteiger partial charge in [-0.05, 0) is 24.6 Å². The van der Waals surface area contributed by atoms with E-state index >= 15 is 0 Å². The number of ether oxygens (including phenoxy) is 1. The molecule has 2 aliphatic rings. The molecule has 6 nitrogen and oxygen atoms in total. The van der Waals surface area contributed by atoms with E-state index in [0.717, 1.165) is 49.9 Å². The lowest BCUT2D eigenvalue weighted by atomic mass is 10.1. The summed E-state index contributed by atoms with van der Waals surface area (Å²) in [5.74, 6) is 1.88. The number of benzene rings is 1. The first kappa shape index (κ1) is 18.1.